The number of thioether (sulfide) groups is 1. The number of carboxylic acids is 1. The standard InChI is InChI=1S/C26H44N6O9S/c1-26(31-32-26)16-18(24(35)36)28-22(34)6-8-38-10-12-40-14-15-41-13-11-39-9-7-27-21(33)5-3-2-4-20-23-19(17-42-20)29-25(37)30-23/h18-20,23H,2-17H2,1H3,(H,27,33)(H,28,34)(H,35,36)(H2,29,30,37)/t18-,19-,20-,23-/m0/s1. The quantitative estimate of drug-likeness (QED) is 0.0748. The van der Waals surface area contributed by atoms with Gasteiger partial charge in [-0.25, -0.2) is 9.59 Å². The summed E-state index contributed by atoms with van der Waals surface area (Å²) in [7, 11) is 0. The van der Waals surface area contributed by atoms with Crippen LogP contribution in [0.1, 0.15) is 45.4 Å². The molecule has 0 unspecified atom stereocenters. The van der Waals surface area contributed by atoms with Crippen molar-refractivity contribution in [2.24, 2.45) is 10.2 Å². The van der Waals surface area contributed by atoms with Crippen LogP contribution in [0.5, 0.6) is 0 Å². The predicted octanol–water partition coefficient (Wildman–Crippen LogP) is 0.426. The maximum absolute atomic E-state index is 12.0. The number of urea groups is 1. The topological polar surface area (TPSA) is 198 Å². The molecular formula is C26H44N6O9S. The van der Waals surface area contributed by atoms with E-state index in [-0.39, 0.29) is 43.5 Å². The lowest BCUT2D eigenvalue weighted by atomic mass is 10.0. The van der Waals surface area contributed by atoms with Crippen molar-refractivity contribution < 1.29 is 43.2 Å². The number of hydrogen-bond acceptors (Lipinski definition) is 11. The molecule has 0 radical (unpaired) electrons. The Bertz CT molecular complexity index is 921. The van der Waals surface area contributed by atoms with Gasteiger partial charge in [-0.2, -0.15) is 22.0 Å². The number of aliphatic carboxylic acids is 1. The van der Waals surface area contributed by atoms with Crippen LogP contribution in [0.15, 0.2) is 10.2 Å². The Kier molecular flexibility index (Phi) is 14.7. The van der Waals surface area contributed by atoms with Crippen LogP contribution in [0.25, 0.3) is 0 Å². The van der Waals surface area contributed by atoms with E-state index in [1.807, 2.05) is 11.8 Å². The highest BCUT2D eigenvalue weighted by Crippen LogP contribution is 2.33. The van der Waals surface area contributed by atoms with Crippen LogP contribution in [0, 0.1) is 0 Å². The Morgan fingerprint density at radius 1 is 0.952 bits per heavy atom. The number of rotatable bonds is 24. The van der Waals surface area contributed by atoms with Crippen LogP contribution in [-0.4, -0.2) is 123 Å². The molecule has 15 nitrogen and oxygen atoms in total. The van der Waals surface area contributed by atoms with Crippen molar-refractivity contribution in [2.75, 3.05) is 65.2 Å². The maximum atomic E-state index is 12.0. The number of ether oxygens (including phenoxy) is 4. The first kappa shape index (κ1) is 34.0. The van der Waals surface area contributed by atoms with Crippen molar-refractivity contribution in [2.45, 2.75) is 74.5 Å². The summed E-state index contributed by atoms with van der Waals surface area (Å²) in [6.07, 6.45) is 3.43. The summed E-state index contributed by atoms with van der Waals surface area (Å²) in [6, 6.07) is -0.664. The Morgan fingerprint density at radius 2 is 1.60 bits per heavy atom. The summed E-state index contributed by atoms with van der Waals surface area (Å²) in [6.45, 7) is 5.00. The Labute approximate surface area is 250 Å². The van der Waals surface area contributed by atoms with Gasteiger partial charge in [0.15, 0.2) is 5.66 Å². The van der Waals surface area contributed by atoms with Gasteiger partial charge in [-0.1, -0.05) is 6.42 Å². The minimum absolute atomic E-state index is 0.0190. The fraction of sp³-hybridized carbons (Fsp3) is 0.846. The van der Waals surface area contributed by atoms with Gasteiger partial charge < -0.3 is 45.3 Å². The first-order chi connectivity index (χ1) is 20.3. The summed E-state index contributed by atoms with van der Waals surface area (Å²) in [5.41, 5.74) is -0.711. The van der Waals surface area contributed by atoms with E-state index in [1.165, 1.54) is 0 Å². The number of amides is 4. The van der Waals surface area contributed by atoms with Gasteiger partial charge in [-0.3, -0.25) is 9.59 Å². The number of carboxylic acid groups (broad SMARTS) is 1. The minimum Gasteiger partial charge on any atom is -0.480 e. The summed E-state index contributed by atoms with van der Waals surface area (Å²) < 4.78 is 21.6. The summed E-state index contributed by atoms with van der Waals surface area (Å²) in [5, 5.41) is 28.4. The van der Waals surface area contributed by atoms with E-state index in [4.69, 9.17) is 18.9 Å². The molecule has 3 rings (SSSR count). The van der Waals surface area contributed by atoms with Gasteiger partial charge in [0.2, 0.25) is 11.8 Å². The predicted molar refractivity (Wildman–Crippen MR) is 152 cm³/mol. The number of nitrogens with zero attached hydrogens (tertiary/aromatic N) is 2. The van der Waals surface area contributed by atoms with Crippen molar-refractivity contribution in [3.8, 4) is 0 Å². The molecule has 16 heteroatoms. The molecule has 3 heterocycles. The molecule has 0 aliphatic carbocycles. The van der Waals surface area contributed by atoms with E-state index in [9.17, 15) is 24.3 Å². The highest BCUT2D eigenvalue weighted by atomic mass is 32.2. The van der Waals surface area contributed by atoms with Crippen LogP contribution >= 0.6 is 11.8 Å². The Balaban J connectivity index is 1.01. The molecule has 2 fully saturated rings. The second kappa shape index (κ2) is 18.2. The van der Waals surface area contributed by atoms with Crippen LogP contribution in [0.2, 0.25) is 0 Å². The molecule has 0 spiro atoms. The molecular weight excluding hydrogens is 572 g/mol. The molecule has 3 aliphatic rings. The lowest BCUT2D eigenvalue weighted by Crippen LogP contribution is -2.43. The number of fused-ring (bicyclic) bond motifs is 1. The first-order valence-electron chi connectivity index (χ1n) is 14.5. The summed E-state index contributed by atoms with van der Waals surface area (Å²) >= 11 is 1.89. The normalized spacial score (nSPS) is 22.2. The molecule has 42 heavy (non-hydrogen) atoms. The van der Waals surface area contributed by atoms with E-state index in [0.29, 0.717) is 64.5 Å². The van der Waals surface area contributed by atoms with Gasteiger partial charge >= 0.3 is 12.0 Å². The highest BCUT2D eigenvalue weighted by Gasteiger charge is 2.42. The molecule has 2 saturated heterocycles. The number of unbranched alkanes of at least 4 members (excludes halogenated alkanes) is 1. The number of carbonyl (C=O) groups is 4. The van der Waals surface area contributed by atoms with Crippen LogP contribution in [0.4, 0.5) is 4.79 Å². The molecule has 0 aromatic rings. The zero-order chi connectivity index (χ0) is 30.2. The summed E-state index contributed by atoms with van der Waals surface area (Å²) in [5.74, 6) is -0.563. The van der Waals surface area contributed by atoms with E-state index in [2.05, 4.69) is 31.5 Å². The van der Waals surface area contributed by atoms with Crippen LogP contribution in [0.3, 0.4) is 0 Å². The van der Waals surface area contributed by atoms with Gasteiger partial charge in [-0.15, -0.1) is 0 Å². The molecule has 0 bridgehead atoms. The maximum Gasteiger partial charge on any atom is 0.326 e. The van der Waals surface area contributed by atoms with E-state index in [1.54, 1.807) is 6.92 Å². The molecule has 4 amide bonds. The lowest BCUT2D eigenvalue weighted by Gasteiger charge is -2.16. The molecule has 0 aromatic heterocycles. The first-order valence-corrected chi connectivity index (χ1v) is 15.5. The molecule has 5 N–H and O–H groups in total. The largest absolute Gasteiger partial charge is 0.480 e. The van der Waals surface area contributed by atoms with Crippen molar-refractivity contribution >= 4 is 35.6 Å². The van der Waals surface area contributed by atoms with Crippen molar-refractivity contribution in [1.82, 2.24) is 21.3 Å². The number of hydrogen-bond donors (Lipinski definition) is 5. The van der Waals surface area contributed by atoms with E-state index < -0.39 is 23.6 Å². The van der Waals surface area contributed by atoms with Crippen molar-refractivity contribution in [1.29, 1.82) is 0 Å². The third-order valence-corrected chi connectivity index (χ3v) is 8.41. The average molecular weight is 617 g/mol. The third-order valence-electron chi connectivity index (χ3n) is 6.90. The fourth-order valence-electron chi connectivity index (χ4n) is 4.57. The monoisotopic (exact) mass is 616 g/mol. The SMILES string of the molecule is CC1(C[C@H](NC(=O)CCOCCOCCOCCOCCNC(=O)CCCC[C@@H]2SC[C@@H]3NC(=O)N[C@@H]32)C(=O)O)N=N1. The summed E-state index contributed by atoms with van der Waals surface area (Å²) in [4.78, 5) is 46.6. The zero-order valence-electron chi connectivity index (χ0n) is 24.1. The Hall–Kier alpha value is -2.53. The molecule has 4 atom stereocenters. The van der Waals surface area contributed by atoms with Gasteiger partial charge in [0.1, 0.15) is 6.04 Å². The highest BCUT2D eigenvalue weighted by molar-refractivity contribution is 8.00. The fourth-order valence-corrected chi connectivity index (χ4v) is 6.12. The smallest absolute Gasteiger partial charge is 0.326 e. The lowest BCUT2D eigenvalue weighted by molar-refractivity contribution is -0.142. The third kappa shape index (κ3) is 13.2. The molecule has 238 valence electrons. The van der Waals surface area contributed by atoms with E-state index >= 15 is 0 Å². The molecule has 0 aromatic carbocycles. The van der Waals surface area contributed by atoms with Gasteiger partial charge in [0.05, 0.1) is 64.9 Å². The van der Waals surface area contributed by atoms with E-state index in [0.717, 1.165) is 25.0 Å². The number of carbonyl (C=O) groups excluding carboxylic acids is 3. The van der Waals surface area contributed by atoms with Gasteiger partial charge in [0.25, 0.3) is 0 Å². The molecule has 3 aliphatic heterocycles. The van der Waals surface area contributed by atoms with Crippen molar-refractivity contribution in [3.05, 3.63) is 0 Å². The Morgan fingerprint density at radius 3 is 2.24 bits per heavy atom. The molecule has 0 saturated carbocycles. The second-order valence-electron chi connectivity index (χ2n) is 10.5. The van der Waals surface area contributed by atoms with Crippen LogP contribution < -0.4 is 21.3 Å². The number of nitrogens with one attached hydrogen (secondary N) is 4. The minimum atomic E-state index is -1.12. The van der Waals surface area contributed by atoms with Gasteiger partial charge in [0, 0.05) is 36.8 Å². The zero-order valence-corrected chi connectivity index (χ0v) is 25.0. The van der Waals surface area contributed by atoms with Crippen LogP contribution in [-0.2, 0) is 33.3 Å². The average Bonchev–Trinajstić information content (AvgIpc) is 3.38. The second-order valence-corrected chi connectivity index (χ2v) is 11.8. The van der Waals surface area contributed by atoms with Crippen molar-refractivity contribution in [3.63, 3.8) is 0 Å². The van der Waals surface area contributed by atoms with Gasteiger partial charge in [-0.05, 0) is 19.8 Å².